The van der Waals surface area contributed by atoms with Crippen LogP contribution < -0.4 is 0 Å². The summed E-state index contributed by atoms with van der Waals surface area (Å²) >= 11 is 5.64. The van der Waals surface area contributed by atoms with Gasteiger partial charge in [0.2, 0.25) is 0 Å². The fourth-order valence-corrected chi connectivity index (χ4v) is 2.93. The van der Waals surface area contributed by atoms with Crippen molar-refractivity contribution in [2.75, 3.05) is 6.61 Å². The summed E-state index contributed by atoms with van der Waals surface area (Å²) in [6.07, 6.45) is 0.582. The van der Waals surface area contributed by atoms with E-state index in [9.17, 15) is 4.79 Å². The highest BCUT2D eigenvalue weighted by molar-refractivity contribution is 7.83. The highest BCUT2D eigenvalue weighted by Gasteiger charge is 2.19. The minimum Gasteiger partial charge on any atom is -0.461 e. The fraction of sp³-hybridized carbons (Fsp3) is 0.417. The Morgan fingerprint density at radius 1 is 1.47 bits per heavy atom. The summed E-state index contributed by atoms with van der Waals surface area (Å²) in [5.74, 6) is 0.333. The van der Waals surface area contributed by atoms with Crippen LogP contribution in [-0.4, -0.2) is 22.7 Å². The first-order valence-corrected chi connectivity index (χ1v) is 7.06. The molecule has 0 bridgehead atoms. The Hall–Kier alpha value is -1.34. The minimum atomic E-state index is -0.436. The average Bonchev–Trinajstić information content (AvgIpc) is 2.87. The third-order valence-corrected chi connectivity index (χ3v) is 3.98. The number of ether oxygens (including phenoxy) is 1. The van der Waals surface area contributed by atoms with Gasteiger partial charge in [0.25, 0.3) is 0 Å². The summed E-state index contributed by atoms with van der Waals surface area (Å²) in [4.78, 5) is 15.9. The van der Waals surface area contributed by atoms with E-state index in [4.69, 9.17) is 9.26 Å². The molecule has 0 aliphatic rings. The predicted octanol–water partition coefficient (Wildman–Crippen LogP) is 2.80. The molecule has 2 aromatic heterocycles. The van der Waals surface area contributed by atoms with Gasteiger partial charge in [-0.05, 0) is 20.8 Å². The van der Waals surface area contributed by atoms with Gasteiger partial charge in [-0.3, -0.25) is 0 Å². The van der Waals surface area contributed by atoms with Crippen molar-refractivity contribution in [1.29, 1.82) is 0 Å². The van der Waals surface area contributed by atoms with Crippen molar-refractivity contribution in [2.24, 2.45) is 0 Å². The van der Waals surface area contributed by atoms with E-state index in [1.807, 2.05) is 13.8 Å². The van der Waals surface area contributed by atoms with E-state index < -0.39 is 5.97 Å². The molecular weight excluding hydrogens is 284 g/mol. The number of rotatable bonds is 4. The molecule has 0 N–H and O–H groups in total. The second-order valence-corrected chi connectivity index (χ2v) is 5.79. The number of esters is 1. The molecule has 102 valence electrons. The number of aryl methyl sites for hydroxylation is 2. The van der Waals surface area contributed by atoms with Crippen molar-refractivity contribution >= 4 is 29.9 Å². The zero-order valence-electron chi connectivity index (χ0n) is 10.9. The van der Waals surface area contributed by atoms with Crippen LogP contribution >= 0.6 is 24.0 Å². The first-order valence-electron chi connectivity index (χ1n) is 5.80. The van der Waals surface area contributed by atoms with Crippen LogP contribution in [0.1, 0.15) is 39.4 Å². The zero-order valence-corrected chi connectivity index (χ0v) is 12.6. The summed E-state index contributed by atoms with van der Waals surface area (Å²) in [6.45, 7) is 5.82. The molecule has 19 heavy (non-hydrogen) atoms. The van der Waals surface area contributed by atoms with Gasteiger partial charge in [-0.1, -0.05) is 5.16 Å². The predicted molar refractivity (Wildman–Crippen MR) is 74.1 cm³/mol. The maximum Gasteiger partial charge on any atom is 0.358 e. The third kappa shape index (κ3) is 2.98. The summed E-state index contributed by atoms with van der Waals surface area (Å²) in [6, 6.07) is 0. The number of carbonyl (C=O) groups is 1. The van der Waals surface area contributed by atoms with Crippen molar-refractivity contribution in [1.82, 2.24) is 10.1 Å². The number of aromatic nitrogens is 2. The lowest BCUT2D eigenvalue weighted by Crippen LogP contribution is -2.06. The number of thiazole rings is 1. The van der Waals surface area contributed by atoms with Crippen LogP contribution in [-0.2, 0) is 11.2 Å². The van der Waals surface area contributed by atoms with Gasteiger partial charge in [0, 0.05) is 12.0 Å². The van der Waals surface area contributed by atoms with Gasteiger partial charge in [-0.15, -0.1) is 24.0 Å². The topological polar surface area (TPSA) is 65.2 Å². The molecule has 0 radical (unpaired) electrons. The van der Waals surface area contributed by atoms with Crippen LogP contribution in [0, 0.1) is 13.8 Å². The van der Waals surface area contributed by atoms with Gasteiger partial charge in [0.1, 0.15) is 5.76 Å². The Kier molecular flexibility index (Phi) is 4.26. The van der Waals surface area contributed by atoms with Crippen molar-refractivity contribution in [3.8, 4) is 0 Å². The molecule has 0 aliphatic carbocycles. The van der Waals surface area contributed by atoms with Gasteiger partial charge in [0.15, 0.2) is 5.69 Å². The van der Waals surface area contributed by atoms with E-state index >= 15 is 0 Å². The molecule has 0 aromatic carbocycles. The lowest BCUT2D eigenvalue weighted by molar-refractivity contribution is 0.0516. The molecule has 0 amide bonds. The molecule has 0 spiro atoms. The smallest absolute Gasteiger partial charge is 0.358 e. The average molecular weight is 298 g/mol. The Labute approximate surface area is 120 Å². The van der Waals surface area contributed by atoms with E-state index in [1.165, 1.54) is 11.3 Å². The zero-order chi connectivity index (χ0) is 14.0. The largest absolute Gasteiger partial charge is 0.461 e. The molecule has 0 fully saturated rings. The molecule has 2 rings (SSSR count). The van der Waals surface area contributed by atoms with Crippen LogP contribution in [0.15, 0.2) is 8.73 Å². The fourth-order valence-electron chi connectivity index (χ4n) is 1.67. The highest BCUT2D eigenvalue weighted by Crippen LogP contribution is 2.26. The SMILES string of the molecule is CCOC(=O)c1nc(Cc2c(C)noc2C)sc1S. The van der Waals surface area contributed by atoms with Gasteiger partial charge < -0.3 is 9.26 Å². The van der Waals surface area contributed by atoms with Crippen molar-refractivity contribution < 1.29 is 14.1 Å². The number of carbonyl (C=O) groups excluding carboxylic acids is 1. The lowest BCUT2D eigenvalue weighted by Gasteiger charge is -1.97. The third-order valence-electron chi connectivity index (χ3n) is 2.63. The van der Waals surface area contributed by atoms with E-state index in [2.05, 4.69) is 22.8 Å². The maximum absolute atomic E-state index is 11.7. The summed E-state index contributed by atoms with van der Waals surface area (Å²) in [5.41, 5.74) is 2.11. The standard InChI is InChI=1S/C12H14N2O3S2/c1-4-16-11(15)10-12(18)19-9(13-10)5-8-6(2)14-17-7(8)3/h18H,4-5H2,1-3H3. The molecule has 0 saturated carbocycles. The Bertz CT molecular complexity index is 585. The molecule has 0 aliphatic heterocycles. The van der Waals surface area contributed by atoms with Gasteiger partial charge in [-0.25, -0.2) is 9.78 Å². The van der Waals surface area contributed by atoms with Crippen molar-refractivity contribution in [3.63, 3.8) is 0 Å². The van der Waals surface area contributed by atoms with E-state index in [-0.39, 0.29) is 5.69 Å². The first kappa shape index (κ1) is 14.1. The normalized spacial score (nSPS) is 10.7. The van der Waals surface area contributed by atoms with Crippen molar-refractivity contribution in [3.05, 3.63) is 27.7 Å². The van der Waals surface area contributed by atoms with Gasteiger partial charge in [-0.2, -0.15) is 0 Å². The second kappa shape index (κ2) is 5.75. The van der Waals surface area contributed by atoms with Crippen LogP contribution in [0.2, 0.25) is 0 Å². The first-order chi connectivity index (χ1) is 9.02. The lowest BCUT2D eigenvalue weighted by atomic mass is 10.1. The second-order valence-electron chi connectivity index (χ2n) is 3.96. The molecule has 2 aromatic rings. The van der Waals surface area contributed by atoms with Crippen LogP contribution in [0.4, 0.5) is 0 Å². The Morgan fingerprint density at radius 2 is 2.21 bits per heavy atom. The minimum absolute atomic E-state index is 0.275. The highest BCUT2D eigenvalue weighted by atomic mass is 32.2. The van der Waals surface area contributed by atoms with Crippen molar-refractivity contribution in [2.45, 2.75) is 31.4 Å². The molecular formula is C12H14N2O3S2. The van der Waals surface area contributed by atoms with E-state index in [0.29, 0.717) is 17.2 Å². The molecule has 0 atom stereocenters. The quantitative estimate of drug-likeness (QED) is 0.694. The molecule has 2 heterocycles. The monoisotopic (exact) mass is 298 g/mol. The number of thiol groups is 1. The van der Waals surface area contributed by atoms with E-state index in [0.717, 1.165) is 22.0 Å². The molecule has 0 unspecified atom stereocenters. The van der Waals surface area contributed by atoms with E-state index in [1.54, 1.807) is 6.92 Å². The summed E-state index contributed by atoms with van der Waals surface area (Å²) < 4.78 is 10.6. The maximum atomic E-state index is 11.7. The Balaban J connectivity index is 2.23. The molecule has 5 nitrogen and oxygen atoms in total. The number of hydrogen-bond acceptors (Lipinski definition) is 7. The van der Waals surface area contributed by atoms with Gasteiger partial charge >= 0.3 is 5.97 Å². The Morgan fingerprint density at radius 3 is 2.79 bits per heavy atom. The molecule has 0 saturated heterocycles. The number of nitrogens with zero attached hydrogens (tertiary/aromatic N) is 2. The number of hydrogen-bond donors (Lipinski definition) is 1. The van der Waals surface area contributed by atoms with Crippen LogP contribution in [0.3, 0.4) is 0 Å². The summed E-state index contributed by atoms with van der Waals surface area (Å²) in [5, 5.41) is 4.69. The van der Waals surface area contributed by atoms with Gasteiger partial charge in [0.05, 0.1) is 21.5 Å². The molecule has 7 heteroatoms. The summed E-state index contributed by atoms with van der Waals surface area (Å²) in [7, 11) is 0. The van der Waals surface area contributed by atoms with Crippen LogP contribution in [0.25, 0.3) is 0 Å². The van der Waals surface area contributed by atoms with Crippen LogP contribution in [0.5, 0.6) is 0 Å².